The molecule has 1 aliphatic heterocycles. The van der Waals surface area contributed by atoms with E-state index in [1.54, 1.807) is 35.7 Å². The highest BCUT2D eigenvalue weighted by molar-refractivity contribution is 7.91. The molecular formula is C26H27NO5S2. The molecule has 1 fully saturated rings. The lowest BCUT2D eigenvalue weighted by atomic mass is 9.90. The average Bonchev–Trinajstić information content (AvgIpc) is 3.50. The van der Waals surface area contributed by atoms with Gasteiger partial charge in [0.2, 0.25) is 15.7 Å². The highest BCUT2D eigenvalue weighted by atomic mass is 32.2. The first-order valence-corrected chi connectivity index (χ1v) is 14.0. The molecule has 2 heterocycles. The Bertz CT molecular complexity index is 1290. The number of carbonyl (C=O) groups is 1. The summed E-state index contributed by atoms with van der Waals surface area (Å²) in [6.45, 7) is 2.43. The van der Waals surface area contributed by atoms with Gasteiger partial charge >= 0.3 is 0 Å². The second-order valence-electron chi connectivity index (χ2n) is 8.62. The SMILES string of the molecule is CCOc1cc([C@H]2CC(=O)Nc3c(S(=O)(=O)c4ccccc4)csc32)ccc1OC1CCCC1. The summed E-state index contributed by atoms with van der Waals surface area (Å²) in [7, 11) is -3.75. The first kappa shape index (κ1) is 22.9. The maximum Gasteiger partial charge on any atom is 0.225 e. The number of nitrogens with one attached hydrogen (secondary N) is 1. The van der Waals surface area contributed by atoms with E-state index in [4.69, 9.17) is 9.47 Å². The van der Waals surface area contributed by atoms with Gasteiger partial charge < -0.3 is 14.8 Å². The Kier molecular flexibility index (Phi) is 6.36. The van der Waals surface area contributed by atoms with Crippen LogP contribution in [-0.2, 0) is 14.6 Å². The average molecular weight is 498 g/mol. The number of ether oxygens (including phenoxy) is 2. The van der Waals surface area contributed by atoms with Crippen LogP contribution in [0.4, 0.5) is 5.69 Å². The highest BCUT2D eigenvalue weighted by Crippen LogP contribution is 2.47. The summed E-state index contributed by atoms with van der Waals surface area (Å²) in [6, 6.07) is 14.1. The number of benzene rings is 2. The van der Waals surface area contributed by atoms with Crippen LogP contribution in [0.1, 0.15) is 55.4 Å². The molecule has 178 valence electrons. The Morgan fingerprint density at radius 2 is 1.82 bits per heavy atom. The zero-order valence-electron chi connectivity index (χ0n) is 19.0. The van der Waals surface area contributed by atoms with Crippen LogP contribution in [0, 0.1) is 0 Å². The van der Waals surface area contributed by atoms with E-state index in [1.807, 2.05) is 25.1 Å². The van der Waals surface area contributed by atoms with Crippen molar-refractivity contribution in [3.8, 4) is 11.5 Å². The van der Waals surface area contributed by atoms with E-state index in [9.17, 15) is 13.2 Å². The Balaban J connectivity index is 1.51. The third-order valence-electron chi connectivity index (χ3n) is 6.36. The summed E-state index contributed by atoms with van der Waals surface area (Å²) in [5, 5.41) is 4.45. The van der Waals surface area contributed by atoms with Crippen LogP contribution in [0.2, 0.25) is 0 Å². The second kappa shape index (κ2) is 9.43. The van der Waals surface area contributed by atoms with E-state index in [0.717, 1.165) is 29.0 Å². The molecule has 2 aliphatic rings. The van der Waals surface area contributed by atoms with Gasteiger partial charge in [-0.2, -0.15) is 0 Å². The van der Waals surface area contributed by atoms with Crippen molar-refractivity contribution < 1.29 is 22.7 Å². The minimum Gasteiger partial charge on any atom is -0.490 e. The van der Waals surface area contributed by atoms with Crippen LogP contribution >= 0.6 is 11.3 Å². The Hall–Kier alpha value is -2.84. The first-order chi connectivity index (χ1) is 16.5. The quantitative estimate of drug-likeness (QED) is 0.448. The third kappa shape index (κ3) is 4.32. The van der Waals surface area contributed by atoms with Crippen molar-refractivity contribution >= 4 is 32.8 Å². The molecule has 0 bridgehead atoms. The van der Waals surface area contributed by atoms with Gasteiger partial charge in [0.1, 0.15) is 4.90 Å². The van der Waals surface area contributed by atoms with Gasteiger partial charge in [-0.15, -0.1) is 11.3 Å². The summed E-state index contributed by atoms with van der Waals surface area (Å²) in [5.74, 6) is 0.919. The van der Waals surface area contributed by atoms with E-state index in [2.05, 4.69) is 5.32 Å². The van der Waals surface area contributed by atoms with Crippen molar-refractivity contribution in [1.82, 2.24) is 0 Å². The summed E-state index contributed by atoms with van der Waals surface area (Å²) >= 11 is 1.36. The zero-order valence-corrected chi connectivity index (χ0v) is 20.6. The Morgan fingerprint density at radius 3 is 2.56 bits per heavy atom. The molecule has 5 rings (SSSR count). The first-order valence-electron chi connectivity index (χ1n) is 11.6. The van der Waals surface area contributed by atoms with Crippen LogP contribution in [0.5, 0.6) is 11.5 Å². The monoisotopic (exact) mass is 497 g/mol. The lowest BCUT2D eigenvalue weighted by molar-refractivity contribution is -0.116. The highest BCUT2D eigenvalue weighted by Gasteiger charge is 2.35. The predicted octanol–water partition coefficient (Wildman–Crippen LogP) is 5.78. The fourth-order valence-electron chi connectivity index (χ4n) is 4.69. The van der Waals surface area contributed by atoms with Crippen molar-refractivity contribution in [2.24, 2.45) is 0 Å². The number of hydrogen-bond donors (Lipinski definition) is 1. The van der Waals surface area contributed by atoms with Gasteiger partial charge in [-0.05, 0) is 62.4 Å². The number of carbonyl (C=O) groups excluding carboxylic acids is 1. The molecule has 0 unspecified atom stereocenters. The maximum atomic E-state index is 13.3. The lowest BCUT2D eigenvalue weighted by Crippen LogP contribution is -2.23. The molecule has 2 aromatic carbocycles. The largest absolute Gasteiger partial charge is 0.490 e. The zero-order chi connectivity index (χ0) is 23.7. The molecule has 0 spiro atoms. The van der Waals surface area contributed by atoms with Crippen molar-refractivity contribution in [2.75, 3.05) is 11.9 Å². The summed E-state index contributed by atoms with van der Waals surface area (Å²) in [5.41, 5.74) is 1.29. The molecule has 3 aromatic rings. The number of anilines is 1. The van der Waals surface area contributed by atoms with Gasteiger partial charge in [0.15, 0.2) is 11.5 Å². The summed E-state index contributed by atoms with van der Waals surface area (Å²) < 4.78 is 38.7. The van der Waals surface area contributed by atoms with Crippen molar-refractivity contribution in [2.45, 2.75) is 60.8 Å². The third-order valence-corrected chi connectivity index (χ3v) is 9.40. The molecule has 1 aromatic heterocycles. The number of rotatable bonds is 7. The number of sulfone groups is 1. The van der Waals surface area contributed by atoms with Crippen molar-refractivity contribution in [1.29, 1.82) is 0 Å². The minimum absolute atomic E-state index is 0.142. The maximum absolute atomic E-state index is 13.3. The minimum atomic E-state index is -3.75. The second-order valence-corrected chi connectivity index (χ2v) is 11.5. The van der Waals surface area contributed by atoms with Crippen LogP contribution < -0.4 is 14.8 Å². The molecule has 34 heavy (non-hydrogen) atoms. The van der Waals surface area contributed by atoms with E-state index in [1.165, 1.54) is 24.2 Å². The van der Waals surface area contributed by atoms with Crippen molar-refractivity contribution in [3.63, 3.8) is 0 Å². The number of fused-ring (bicyclic) bond motifs is 1. The topological polar surface area (TPSA) is 81.7 Å². The fraction of sp³-hybridized carbons (Fsp3) is 0.346. The standard InChI is InChI=1S/C26H27NO5S2/c1-2-31-22-14-17(12-13-21(22)32-18-8-6-7-9-18)20-15-24(28)27-25-23(16-33-26(20)25)34(29,30)19-10-4-3-5-11-19/h3-5,10-14,16,18,20H,2,6-9,15H2,1H3,(H,27,28)/t20-/m1/s1. The molecule has 1 atom stereocenters. The van der Waals surface area contributed by atoms with Gasteiger partial charge in [0.25, 0.3) is 0 Å². The smallest absolute Gasteiger partial charge is 0.225 e. The number of thiophene rings is 1. The summed E-state index contributed by atoms with van der Waals surface area (Å²) in [4.78, 5) is 13.9. The van der Waals surface area contributed by atoms with Crippen molar-refractivity contribution in [3.05, 3.63) is 64.4 Å². The van der Waals surface area contributed by atoms with Crippen LogP contribution in [-0.4, -0.2) is 27.0 Å². The molecule has 1 saturated carbocycles. The normalized spacial score (nSPS) is 18.4. The number of hydrogen-bond acceptors (Lipinski definition) is 6. The van der Waals surface area contributed by atoms with Gasteiger partial charge in [0.05, 0.1) is 23.3 Å². The van der Waals surface area contributed by atoms with Crippen LogP contribution in [0.3, 0.4) is 0 Å². The van der Waals surface area contributed by atoms with E-state index < -0.39 is 9.84 Å². The molecule has 0 radical (unpaired) electrons. The van der Waals surface area contributed by atoms with Crippen LogP contribution in [0.15, 0.2) is 63.7 Å². The Labute approximate surface area is 203 Å². The molecule has 8 heteroatoms. The van der Waals surface area contributed by atoms with Gasteiger partial charge in [-0.3, -0.25) is 4.79 Å². The molecule has 0 saturated heterocycles. The van der Waals surface area contributed by atoms with Gasteiger partial charge in [-0.25, -0.2) is 8.42 Å². The van der Waals surface area contributed by atoms with Gasteiger partial charge in [-0.1, -0.05) is 24.3 Å². The van der Waals surface area contributed by atoms with E-state index in [-0.39, 0.29) is 34.1 Å². The van der Waals surface area contributed by atoms with Crippen LogP contribution in [0.25, 0.3) is 0 Å². The lowest BCUT2D eigenvalue weighted by Gasteiger charge is -2.25. The van der Waals surface area contributed by atoms with Gasteiger partial charge in [0, 0.05) is 22.6 Å². The molecule has 1 N–H and O–H groups in total. The Morgan fingerprint density at radius 1 is 1.06 bits per heavy atom. The number of amides is 1. The molecule has 6 nitrogen and oxygen atoms in total. The molecule has 1 aliphatic carbocycles. The predicted molar refractivity (Wildman–Crippen MR) is 132 cm³/mol. The van der Waals surface area contributed by atoms with E-state index >= 15 is 0 Å². The summed E-state index contributed by atoms with van der Waals surface area (Å²) in [6.07, 6.45) is 4.91. The van der Waals surface area contributed by atoms with E-state index in [0.29, 0.717) is 18.0 Å². The molecular weight excluding hydrogens is 470 g/mol. The fourth-order valence-corrected chi connectivity index (χ4v) is 7.62. The molecule has 1 amide bonds.